The van der Waals surface area contributed by atoms with Gasteiger partial charge in [0, 0.05) is 18.7 Å². The van der Waals surface area contributed by atoms with Crippen LogP contribution in [0.15, 0.2) is 47.1 Å². The fourth-order valence-electron chi connectivity index (χ4n) is 1.98. The Morgan fingerprint density at radius 1 is 1.24 bits per heavy atom. The summed E-state index contributed by atoms with van der Waals surface area (Å²) in [5.41, 5.74) is 1.67. The van der Waals surface area contributed by atoms with E-state index in [1.807, 2.05) is 49.6 Å². The van der Waals surface area contributed by atoms with Gasteiger partial charge >= 0.3 is 0 Å². The molecular weight excluding hydrogens is 266 g/mol. The van der Waals surface area contributed by atoms with Gasteiger partial charge in [-0.25, -0.2) is 4.68 Å². The van der Waals surface area contributed by atoms with Crippen LogP contribution in [0, 0.1) is 0 Å². The molecule has 6 nitrogen and oxygen atoms in total. The average molecular weight is 283 g/mol. The third-order valence-corrected chi connectivity index (χ3v) is 3.28. The maximum Gasteiger partial charge on any atom is 0.278 e. The zero-order chi connectivity index (χ0) is 14.7. The number of likely N-dealkylation sites (N-methyl/N-ethyl adjacent to an activating group) is 1. The number of hydrogen-bond donors (Lipinski definition) is 1. The number of nitrogens with one attached hydrogen (secondary N) is 1. The second-order valence-corrected chi connectivity index (χ2v) is 4.89. The lowest BCUT2D eigenvalue weighted by Gasteiger charge is -2.04. The highest BCUT2D eigenvalue weighted by Crippen LogP contribution is 2.17. The van der Waals surface area contributed by atoms with Gasteiger partial charge in [0.15, 0.2) is 11.5 Å². The van der Waals surface area contributed by atoms with Gasteiger partial charge in [0.05, 0.1) is 5.69 Å². The first kappa shape index (κ1) is 13.5. The van der Waals surface area contributed by atoms with E-state index in [1.165, 1.54) is 0 Å². The summed E-state index contributed by atoms with van der Waals surface area (Å²) in [5, 5.41) is 11.6. The molecule has 0 aliphatic rings. The standard InChI is InChI=1S/C15H17N5O/c1-11(16-2)10-14-17-15(21-19-14)13-8-9-20(18-13)12-6-4-3-5-7-12/h3-9,11,16H,10H2,1-2H3. The predicted molar refractivity (Wildman–Crippen MR) is 79.1 cm³/mol. The number of nitrogens with zero attached hydrogens (tertiary/aromatic N) is 4. The first-order valence-corrected chi connectivity index (χ1v) is 6.87. The Bertz CT molecular complexity index is 704. The van der Waals surface area contributed by atoms with Crippen molar-refractivity contribution in [3.05, 3.63) is 48.4 Å². The summed E-state index contributed by atoms with van der Waals surface area (Å²) in [6.45, 7) is 2.07. The van der Waals surface area contributed by atoms with Gasteiger partial charge in [-0.1, -0.05) is 23.4 Å². The van der Waals surface area contributed by atoms with Crippen molar-refractivity contribution in [1.29, 1.82) is 0 Å². The molecule has 0 spiro atoms. The van der Waals surface area contributed by atoms with E-state index in [9.17, 15) is 0 Å². The molecule has 0 fully saturated rings. The fourth-order valence-corrected chi connectivity index (χ4v) is 1.98. The van der Waals surface area contributed by atoms with Crippen LogP contribution in [-0.2, 0) is 6.42 Å². The first-order chi connectivity index (χ1) is 10.3. The molecule has 0 bridgehead atoms. The van der Waals surface area contributed by atoms with Crippen LogP contribution in [0.4, 0.5) is 0 Å². The molecule has 0 saturated heterocycles. The number of rotatable bonds is 5. The fraction of sp³-hybridized carbons (Fsp3) is 0.267. The van der Waals surface area contributed by atoms with E-state index in [-0.39, 0.29) is 0 Å². The quantitative estimate of drug-likeness (QED) is 0.776. The maximum absolute atomic E-state index is 5.28. The molecule has 21 heavy (non-hydrogen) atoms. The van der Waals surface area contributed by atoms with Crippen LogP contribution in [-0.4, -0.2) is 33.0 Å². The zero-order valence-corrected chi connectivity index (χ0v) is 12.0. The third-order valence-electron chi connectivity index (χ3n) is 3.28. The molecule has 3 aromatic rings. The van der Waals surface area contributed by atoms with Crippen molar-refractivity contribution in [2.45, 2.75) is 19.4 Å². The maximum atomic E-state index is 5.28. The summed E-state index contributed by atoms with van der Waals surface area (Å²) in [7, 11) is 1.91. The van der Waals surface area contributed by atoms with Gasteiger partial charge in [-0.2, -0.15) is 10.1 Å². The van der Waals surface area contributed by atoms with Gasteiger partial charge in [0.1, 0.15) is 0 Å². The minimum absolute atomic E-state index is 0.303. The van der Waals surface area contributed by atoms with E-state index in [4.69, 9.17) is 4.52 Å². The van der Waals surface area contributed by atoms with Crippen molar-refractivity contribution in [3.8, 4) is 17.3 Å². The molecule has 1 aromatic carbocycles. The van der Waals surface area contributed by atoms with E-state index < -0.39 is 0 Å². The minimum atomic E-state index is 0.303. The Morgan fingerprint density at radius 3 is 2.81 bits per heavy atom. The second kappa shape index (κ2) is 5.88. The molecule has 0 amide bonds. The van der Waals surface area contributed by atoms with Gasteiger partial charge < -0.3 is 9.84 Å². The van der Waals surface area contributed by atoms with Gasteiger partial charge in [-0.05, 0) is 32.2 Å². The monoisotopic (exact) mass is 283 g/mol. The molecule has 1 atom stereocenters. The van der Waals surface area contributed by atoms with Crippen molar-refractivity contribution in [3.63, 3.8) is 0 Å². The molecule has 0 radical (unpaired) electrons. The number of hydrogen-bond acceptors (Lipinski definition) is 5. The van der Waals surface area contributed by atoms with Crippen molar-refractivity contribution in [2.24, 2.45) is 0 Å². The Balaban J connectivity index is 1.80. The van der Waals surface area contributed by atoms with Crippen LogP contribution in [0.2, 0.25) is 0 Å². The predicted octanol–water partition coefficient (Wildman–Crippen LogP) is 2.07. The zero-order valence-electron chi connectivity index (χ0n) is 12.0. The summed E-state index contributed by atoms with van der Waals surface area (Å²) in [6.07, 6.45) is 2.60. The summed E-state index contributed by atoms with van der Waals surface area (Å²) >= 11 is 0. The molecule has 0 aliphatic carbocycles. The highest BCUT2D eigenvalue weighted by molar-refractivity contribution is 5.46. The van der Waals surface area contributed by atoms with Crippen molar-refractivity contribution < 1.29 is 4.52 Å². The van der Waals surface area contributed by atoms with Crippen LogP contribution in [0.1, 0.15) is 12.7 Å². The van der Waals surface area contributed by atoms with Crippen LogP contribution in [0.3, 0.4) is 0 Å². The Hall–Kier alpha value is -2.47. The minimum Gasteiger partial charge on any atom is -0.332 e. The topological polar surface area (TPSA) is 68.8 Å². The molecule has 3 rings (SSSR count). The van der Waals surface area contributed by atoms with Gasteiger partial charge in [-0.3, -0.25) is 0 Å². The molecule has 2 aromatic heterocycles. The summed E-state index contributed by atoms with van der Waals surface area (Å²) < 4.78 is 7.07. The second-order valence-electron chi connectivity index (χ2n) is 4.89. The van der Waals surface area contributed by atoms with E-state index >= 15 is 0 Å². The Morgan fingerprint density at radius 2 is 2.05 bits per heavy atom. The molecule has 1 unspecified atom stereocenters. The lowest BCUT2D eigenvalue weighted by Crippen LogP contribution is -2.24. The molecule has 6 heteroatoms. The highest BCUT2D eigenvalue weighted by atomic mass is 16.5. The lowest BCUT2D eigenvalue weighted by molar-refractivity contribution is 0.417. The summed E-state index contributed by atoms with van der Waals surface area (Å²) in [6, 6.07) is 12.1. The molecule has 2 heterocycles. The van der Waals surface area contributed by atoms with Gasteiger partial charge in [0.25, 0.3) is 5.89 Å². The molecule has 0 saturated carbocycles. The van der Waals surface area contributed by atoms with Crippen molar-refractivity contribution >= 4 is 0 Å². The Labute approximate surface area is 122 Å². The molecular formula is C15H17N5O. The van der Waals surface area contributed by atoms with Crippen molar-refractivity contribution in [2.75, 3.05) is 7.05 Å². The summed E-state index contributed by atoms with van der Waals surface area (Å²) in [4.78, 5) is 4.38. The number of para-hydroxylation sites is 1. The SMILES string of the molecule is CNC(C)Cc1noc(-c2ccn(-c3ccccc3)n2)n1. The third kappa shape index (κ3) is 3.00. The molecule has 0 aliphatic heterocycles. The molecule has 108 valence electrons. The van der Waals surface area contributed by atoms with Gasteiger partial charge in [-0.15, -0.1) is 0 Å². The van der Waals surface area contributed by atoms with Gasteiger partial charge in [0.2, 0.25) is 0 Å². The van der Waals surface area contributed by atoms with E-state index in [0.717, 1.165) is 12.1 Å². The number of benzene rings is 1. The van der Waals surface area contributed by atoms with Crippen LogP contribution in [0.5, 0.6) is 0 Å². The van der Waals surface area contributed by atoms with Crippen LogP contribution >= 0.6 is 0 Å². The van der Waals surface area contributed by atoms with E-state index in [1.54, 1.807) is 4.68 Å². The normalized spacial score (nSPS) is 12.5. The summed E-state index contributed by atoms with van der Waals surface area (Å²) in [5.74, 6) is 1.13. The van der Waals surface area contributed by atoms with Crippen molar-refractivity contribution in [1.82, 2.24) is 25.2 Å². The van der Waals surface area contributed by atoms with E-state index in [2.05, 4.69) is 27.5 Å². The smallest absolute Gasteiger partial charge is 0.278 e. The molecule has 1 N–H and O–H groups in total. The number of aromatic nitrogens is 4. The van der Waals surface area contributed by atoms with Crippen LogP contribution in [0.25, 0.3) is 17.3 Å². The highest BCUT2D eigenvalue weighted by Gasteiger charge is 2.13. The van der Waals surface area contributed by atoms with Crippen LogP contribution < -0.4 is 5.32 Å². The largest absolute Gasteiger partial charge is 0.332 e. The lowest BCUT2D eigenvalue weighted by atomic mass is 10.2. The first-order valence-electron chi connectivity index (χ1n) is 6.87. The Kier molecular flexibility index (Phi) is 3.79. The van der Waals surface area contributed by atoms with E-state index in [0.29, 0.717) is 23.5 Å². The average Bonchev–Trinajstić information content (AvgIpc) is 3.17.